The van der Waals surface area contributed by atoms with Crippen molar-refractivity contribution >= 4 is 11.8 Å². The van der Waals surface area contributed by atoms with Crippen molar-refractivity contribution in [3.63, 3.8) is 0 Å². The molecule has 6 heteroatoms. The molecule has 2 amide bonds. The van der Waals surface area contributed by atoms with Crippen LogP contribution in [-0.2, 0) is 4.79 Å². The molecule has 2 aromatic rings. The molecular formula is C21H23N3O3. The number of nitrogens with two attached hydrogens (primary N) is 1. The zero-order valence-electron chi connectivity index (χ0n) is 15.2. The van der Waals surface area contributed by atoms with Crippen LogP contribution < -0.4 is 16.4 Å². The summed E-state index contributed by atoms with van der Waals surface area (Å²) in [6.07, 6.45) is 0. The van der Waals surface area contributed by atoms with Crippen LogP contribution in [0.15, 0.2) is 54.6 Å². The number of carbonyl (C=O) groups is 2. The maximum atomic E-state index is 12.2. The predicted molar refractivity (Wildman–Crippen MR) is 104 cm³/mol. The third kappa shape index (κ3) is 6.26. The SMILES string of the molecule is C[C@@](O)(CNC(=O)c1ccc(C#Cc2ccccc2)cc1)C(=O)NCCN. The summed E-state index contributed by atoms with van der Waals surface area (Å²) in [5.74, 6) is 5.11. The number of nitrogens with one attached hydrogen (secondary N) is 2. The Morgan fingerprint density at radius 1 is 1.00 bits per heavy atom. The monoisotopic (exact) mass is 365 g/mol. The lowest BCUT2D eigenvalue weighted by Crippen LogP contribution is -2.52. The Morgan fingerprint density at radius 2 is 1.59 bits per heavy atom. The molecule has 2 rings (SSSR count). The molecule has 140 valence electrons. The zero-order valence-corrected chi connectivity index (χ0v) is 15.2. The van der Waals surface area contributed by atoms with Crippen molar-refractivity contribution in [2.75, 3.05) is 19.6 Å². The van der Waals surface area contributed by atoms with Gasteiger partial charge in [-0.15, -0.1) is 0 Å². The molecule has 0 spiro atoms. The molecule has 0 saturated carbocycles. The second-order valence-electron chi connectivity index (χ2n) is 6.19. The number of hydrogen-bond donors (Lipinski definition) is 4. The maximum absolute atomic E-state index is 12.2. The van der Waals surface area contributed by atoms with Crippen LogP contribution in [0.3, 0.4) is 0 Å². The largest absolute Gasteiger partial charge is 0.378 e. The van der Waals surface area contributed by atoms with Gasteiger partial charge in [-0.05, 0) is 43.3 Å². The van der Waals surface area contributed by atoms with E-state index in [1.807, 2.05) is 30.3 Å². The van der Waals surface area contributed by atoms with Gasteiger partial charge in [-0.3, -0.25) is 9.59 Å². The van der Waals surface area contributed by atoms with Crippen molar-refractivity contribution in [1.82, 2.24) is 10.6 Å². The van der Waals surface area contributed by atoms with E-state index in [4.69, 9.17) is 5.73 Å². The Balaban J connectivity index is 1.94. The van der Waals surface area contributed by atoms with E-state index in [9.17, 15) is 14.7 Å². The molecule has 0 saturated heterocycles. The summed E-state index contributed by atoms with van der Waals surface area (Å²) in [5.41, 5.74) is 5.70. The summed E-state index contributed by atoms with van der Waals surface area (Å²) >= 11 is 0. The Morgan fingerprint density at radius 3 is 2.19 bits per heavy atom. The van der Waals surface area contributed by atoms with Crippen LogP contribution in [-0.4, -0.2) is 42.2 Å². The van der Waals surface area contributed by atoms with E-state index in [-0.39, 0.29) is 25.5 Å². The summed E-state index contributed by atoms with van der Waals surface area (Å²) in [6, 6.07) is 16.4. The molecule has 2 aromatic carbocycles. The van der Waals surface area contributed by atoms with Crippen LogP contribution in [0.25, 0.3) is 0 Å². The third-order valence-corrected chi connectivity index (χ3v) is 3.78. The third-order valence-electron chi connectivity index (χ3n) is 3.78. The lowest BCUT2D eigenvalue weighted by Gasteiger charge is -2.22. The normalized spacial score (nSPS) is 12.3. The second kappa shape index (κ2) is 9.53. The number of aliphatic hydroxyl groups is 1. The highest BCUT2D eigenvalue weighted by Gasteiger charge is 2.30. The van der Waals surface area contributed by atoms with Crippen molar-refractivity contribution in [3.05, 3.63) is 71.3 Å². The van der Waals surface area contributed by atoms with Gasteiger partial charge >= 0.3 is 0 Å². The minimum absolute atomic E-state index is 0.211. The number of rotatable bonds is 6. The first kappa shape index (κ1) is 20.2. The quantitative estimate of drug-likeness (QED) is 0.564. The molecule has 0 heterocycles. The first-order valence-corrected chi connectivity index (χ1v) is 8.58. The molecule has 0 aliphatic rings. The summed E-state index contributed by atoms with van der Waals surface area (Å²) in [5, 5.41) is 15.2. The Kier molecular flexibility index (Phi) is 7.12. The topological polar surface area (TPSA) is 104 Å². The number of hydrogen-bond acceptors (Lipinski definition) is 4. The fourth-order valence-electron chi connectivity index (χ4n) is 2.18. The van der Waals surface area contributed by atoms with Gasteiger partial charge in [0.1, 0.15) is 0 Å². The van der Waals surface area contributed by atoms with E-state index in [0.29, 0.717) is 5.56 Å². The molecule has 0 aliphatic carbocycles. The van der Waals surface area contributed by atoms with Gasteiger partial charge in [0.25, 0.3) is 11.8 Å². The second-order valence-corrected chi connectivity index (χ2v) is 6.19. The van der Waals surface area contributed by atoms with Gasteiger partial charge in [0.15, 0.2) is 5.60 Å². The molecule has 1 atom stereocenters. The van der Waals surface area contributed by atoms with Gasteiger partial charge in [0, 0.05) is 29.8 Å². The van der Waals surface area contributed by atoms with Crippen LogP contribution >= 0.6 is 0 Å². The minimum Gasteiger partial charge on any atom is -0.378 e. The van der Waals surface area contributed by atoms with Gasteiger partial charge in [0.2, 0.25) is 0 Å². The highest BCUT2D eigenvalue weighted by molar-refractivity contribution is 5.95. The van der Waals surface area contributed by atoms with E-state index in [0.717, 1.165) is 11.1 Å². The summed E-state index contributed by atoms with van der Waals surface area (Å²) in [7, 11) is 0. The van der Waals surface area contributed by atoms with Crippen molar-refractivity contribution in [2.45, 2.75) is 12.5 Å². The molecule has 0 fully saturated rings. The van der Waals surface area contributed by atoms with Gasteiger partial charge in [-0.1, -0.05) is 30.0 Å². The molecule has 0 radical (unpaired) electrons. The van der Waals surface area contributed by atoms with Crippen molar-refractivity contribution in [3.8, 4) is 11.8 Å². The van der Waals surface area contributed by atoms with E-state index in [1.54, 1.807) is 24.3 Å². The number of benzene rings is 2. The number of amides is 2. The summed E-state index contributed by atoms with van der Waals surface area (Å²) < 4.78 is 0. The minimum atomic E-state index is -1.72. The number of carbonyl (C=O) groups excluding carboxylic acids is 2. The van der Waals surface area contributed by atoms with E-state index >= 15 is 0 Å². The zero-order chi connectivity index (χ0) is 19.7. The lowest BCUT2D eigenvalue weighted by molar-refractivity contribution is -0.137. The van der Waals surface area contributed by atoms with E-state index < -0.39 is 11.5 Å². The highest BCUT2D eigenvalue weighted by atomic mass is 16.3. The van der Waals surface area contributed by atoms with Crippen molar-refractivity contribution in [2.24, 2.45) is 5.73 Å². The molecule has 6 nitrogen and oxygen atoms in total. The standard InChI is InChI=1S/C21H23N3O3/c1-21(27,20(26)23-14-13-22)15-24-19(25)18-11-9-17(10-12-18)8-7-16-5-3-2-4-6-16/h2-6,9-12,27H,13-15,22H2,1H3,(H,23,26)(H,24,25)/t21-/m1/s1. The molecule has 0 aromatic heterocycles. The first-order chi connectivity index (χ1) is 12.9. The average molecular weight is 365 g/mol. The highest BCUT2D eigenvalue weighted by Crippen LogP contribution is 2.06. The van der Waals surface area contributed by atoms with Crippen LogP contribution in [0.4, 0.5) is 0 Å². The van der Waals surface area contributed by atoms with Crippen LogP contribution in [0.1, 0.15) is 28.4 Å². The molecule has 0 aliphatic heterocycles. The molecule has 0 unspecified atom stereocenters. The van der Waals surface area contributed by atoms with Gasteiger partial charge in [0.05, 0.1) is 6.54 Å². The van der Waals surface area contributed by atoms with Gasteiger partial charge < -0.3 is 21.5 Å². The van der Waals surface area contributed by atoms with E-state index in [2.05, 4.69) is 22.5 Å². The fraction of sp³-hybridized carbons (Fsp3) is 0.238. The van der Waals surface area contributed by atoms with Crippen molar-refractivity contribution in [1.29, 1.82) is 0 Å². The molecule has 0 bridgehead atoms. The Hall–Kier alpha value is -3.14. The predicted octanol–water partition coefficient (Wildman–Crippen LogP) is 0.642. The maximum Gasteiger partial charge on any atom is 0.253 e. The van der Waals surface area contributed by atoms with Crippen LogP contribution in [0.5, 0.6) is 0 Å². The molecule has 27 heavy (non-hydrogen) atoms. The smallest absolute Gasteiger partial charge is 0.253 e. The summed E-state index contributed by atoms with van der Waals surface area (Å²) in [6.45, 7) is 1.65. The van der Waals surface area contributed by atoms with Crippen molar-refractivity contribution < 1.29 is 14.7 Å². The Bertz CT molecular complexity index is 834. The fourth-order valence-corrected chi connectivity index (χ4v) is 2.18. The first-order valence-electron chi connectivity index (χ1n) is 8.58. The van der Waals surface area contributed by atoms with Gasteiger partial charge in [-0.2, -0.15) is 0 Å². The van der Waals surface area contributed by atoms with Crippen LogP contribution in [0.2, 0.25) is 0 Å². The van der Waals surface area contributed by atoms with E-state index in [1.165, 1.54) is 6.92 Å². The summed E-state index contributed by atoms with van der Waals surface area (Å²) in [4.78, 5) is 24.0. The lowest BCUT2D eigenvalue weighted by atomic mass is 10.1. The Labute approximate surface area is 158 Å². The average Bonchev–Trinajstić information content (AvgIpc) is 2.69. The molecular weight excluding hydrogens is 342 g/mol. The molecule has 5 N–H and O–H groups in total. The van der Waals surface area contributed by atoms with Gasteiger partial charge in [-0.25, -0.2) is 0 Å². The van der Waals surface area contributed by atoms with Crippen LogP contribution in [0, 0.1) is 11.8 Å².